The second-order valence-corrected chi connectivity index (χ2v) is 3.75. The monoisotopic (exact) mass is 261 g/mol. The Morgan fingerprint density at radius 2 is 1.89 bits per heavy atom. The number of hydrogen-bond acceptors (Lipinski definition) is 5. The van der Waals surface area contributed by atoms with Crippen molar-refractivity contribution >= 4 is 17.3 Å². The molecule has 0 spiro atoms. The first kappa shape index (κ1) is 12.7. The number of halogens is 1. The maximum atomic E-state index is 12.9. The predicted molar refractivity (Wildman–Crippen MR) is 69.0 cm³/mol. The molecule has 6 nitrogen and oxygen atoms in total. The Morgan fingerprint density at radius 1 is 1.26 bits per heavy atom. The highest BCUT2D eigenvalue weighted by Gasteiger charge is 2.15. The second-order valence-electron chi connectivity index (χ2n) is 3.75. The first-order valence-electron chi connectivity index (χ1n) is 5.41. The zero-order chi connectivity index (χ0) is 13.8. The number of aromatic nitrogens is 2. The third-order valence-corrected chi connectivity index (χ3v) is 2.56. The van der Waals surface area contributed by atoms with E-state index in [0.717, 1.165) is 0 Å². The van der Waals surface area contributed by atoms with Gasteiger partial charge >= 0.3 is 0 Å². The molecule has 0 unspecified atom stereocenters. The zero-order valence-electron chi connectivity index (χ0n) is 10.2. The maximum absolute atomic E-state index is 12.9. The second kappa shape index (κ2) is 5.30. The topological polar surface area (TPSA) is 87.6 Å². The highest BCUT2D eigenvalue weighted by atomic mass is 19.1. The van der Waals surface area contributed by atoms with Crippen molar-refractivity contribution < 1.29 is 9.60 Å². The van der Waals surface area contributed by atoms with Gasteiger partial charge in [0.1, 0.15) is 5.82 Å². The number of benzene rings is 1. The van der Waals surface area contributed by atoms with Crippen LogP contribution in [0, 0.1) is 5.82 Å². The minimum absolute atomic E-state index is 0.142. The lowest BCUT2D eigenvalue weighted by Crippen LogP contribution is -2.22. The summed E-state index contributed by atoms with van der Waals surface area (Å²) >= 11 is 0. The molecule has 2 rings (SSSR count). The molecule has 3 N–H and O–H groups in total. The standard InChI is InChI=1S/C12H12FN5O/c1-18(9-4-2-8(13)3-5-9)12-10(11(14)17-19)15-6-7-16-12/h2-7,19H,1H3,(H2,14,17). The van der Waals surface area contributed by atoms with Crippen molar-refractivity contribution in [1.29, 1.82) is 0 Å². The number of anilines is 2. The summed E-state index contributed by atoms with van der Waals surface area (Å²) < 4.78 is 12.9. The summed E-state index contributed by atoms with van der Waals surface area (Å²) in [4.78, 5) is 9.83. The van der Waals surface area contributed by atoms with E-state index >= 15 is 0 Å². The van der Waals surface area contributed by atoms with Crippen molar-refractivity contribution in [2.45, 2.75) is 0 Å². The van der Waals surface area contributed by atoms with E-state index in [1.54, 1.807) is 24.1 Å². The molecule has 0 amide bonds. The average molecular weight is 261 g/mol. The molecule has 0 radical (unpaired) electrons. The molecule has 98 valence electrons. The molecule has 0 aliphatic heterocycles. The molecule has 0 fully saturated rings. The van der Waals surface area contributed by atoms with Crippen LogP contribution in [-0.2, 0) is 0 Å². The van der Waals surface area contributed by atoms with Crippen LogP contribution in [0.4, 0.5) is 15.9 Å². The third kappa shape index (κ3) is 2.59. The molecular weight excluding hydrogens is 249 g/mol. The number of nitrogens with two attached hydrogens (primary N) is 1. The van der Waals surface area contributed by atoms with Crippen LogP contribution < -0.4 is 10.6 Å². The van der Waals surface area contributed by atoms with Crippen LogP contribution >= 0.6 is 0 Å². The fraction of sp³-hybridized carbons (Fsp3) is 0.0833. The molecular formula is C12H12FN5O. The number of rotatable bonds is 3. The van der Waals surface area contributed by atoms with Crippen molar-refractivity contribution in [3.8, 4) is 0 Å². The Morgan fingerprint density at radius 3 is 2.53 bits per heavy atom. The highest BCUT2D eigenvalue weighted by molar-refractivity contribution is 6.00. The summed E-state index contributed by atoms with van der Waals surface area (Å²) in [5.41, 5.74) is 6.50. The summed E-state index contributed by atoms with van der Waals surface area (Å²) in [5, 5.41) is 11.6. The molecule has 1 aromatic heterocycles. The summed E-state index contributed by atoms with van der Waals surface area (Å²) in [5.74, 6) is -0.0607. The van der Waals surface area contributed by atoms with Crippen LogP contribution in [0.25, 0.3) is 0 Å². The summed E-state index contributed by atoms with van der Waals surface area (Å²) in [7, 11) is 1.73. The maximum Gasteiger partial charge on any atom is 0.192 e. The molecule has 0 saturated heterocycles. The minimum Gasteiger partial charge on any atom is -0.409 e. The van der Waals surface area contributed by atoms with Gasteiger partial charge in [0.2, 0.25) is 0 Å². The normalized spacial score (nSPS) is 11.4. The van der Waals surface area contributed by atoms with E-state index < -0.39 is 0 Å². The Hall–Kier alpha value is -2.70. The molecule has 0 bridgehead atoms. The van der Waals surface area contributed by atoms with E-state index in [1.807, 2.05) is 0 Å². The van der Waals surface area contributed by atoms with Gasteiger partial charge in [0.15, 0.2) is 17.3 Å². The lowest BCUT2D eigenvalue weighted by molar-refractivity contribution is 0.318. The first-order valence-corrected chi connectivity index (χ1v) is 5.41. The van der Waals surface area contributed by atoms with E-state index in [0.29, 0.717) is 11.5 Å². The molecule has 7 heteroatoms. The van der Waals surface area contributed by atoms with Crippen molar-refractivity contribution in [3.63, 3.8) is 0 Å². The van der Waals surface area contributed by atoms with Gasteiger partial charge in [-0.15, -0.1) is 0 Å². The molecule has 1 heterocycles. The average Bonchev–Trinajstić information content (AvgIpc) is 2.46. The molecule has 0 aliphatic carbocycles. The minimum atomic E-state index is -0.326. The van der Waals surface area contributed by atoms with E-state index in [-0.39, 0.29) is 17.3 Å². The lowest BCUT2D eigenvalue weighted by Gasteiger charge is -2.19. The van der Waals surface area contributed by atoms with E-state index in [4.69, 9.17) is 10.9 Å². The smallest absolute Gasteiger partial charge is 0.192 e. The number of oxime groups is 1. The molecule has 0 aliphatic rings. The van der Waals surface area contributed by atoms with Gasteiger partial charge < -0.3 is 15.8 Å². The Bertz CT molecular complexity index is 599. The number of nitrogens with zero attached hydrogens (tertiary/aromatic N) is 4. The number of hydrogen-bond donors (Lipinski definition) is 2. The molecule has 0 saturated carbocycles. The fourth-order valence-corrected chi connectivity index (χ4v) is 1.59. The van der Waals surface area contributed by atoms with Gasteiger partial charge in [-0.25, -0.2) is 14.4 Å². The quantitative estimate of drug-likeness (QED) is 0.378. The number of amidine groups is 1. The lowest BCUT2D eigenvalue weighted by atomic mass is 10.2. The SMILES string of the molecule is CN(c1ccc(F)cc1)c1nccnc1C(N)=NO. The van der Waals surface area contributed by atoms with Gasteiger partial charge in [0, 0.05) is 25.1 Å². The van der Waals surface area contributed by atoms with Gasteiger partial charge in [-0.2, -0.15) is 0 Å². The van der Waals surface area contributed by atoms with Gasteiger partial charge in [-0.05, 0) is 24.3 Å². The van der Waals surface area contributed by atoms with Crippen molar-refractivity contribution in [3.05, 3.63) is 48.2 Å². The van der Waals surface area contributed by atoms with Crippen molar-refractivity contribution in [1.82, 2.24) is 9.97 Å². The van der Waals surface area contributed by atoms with Gasteiger partial charge in [0.25, 0.3) is 0 Å². The molecule has 1 aromatic carbocycles. The summed E-state index contributed by atoms with van der Waals surface area (Å²) in [6, 6.07) is 5.87. The zero-order valence-corrected chi connectivity index (χ0v) is 10.2. The van der Waals surface area contributed by atoms with Crippen LogP contribution in [0.3, 0.4) is 0 Å². The molecule has 19 heavy (non-hydrogen) atoms. The van der Waals surface area contributed by atoms with E-state index in [1.165, 1.54) is 24.5 Å². The van der Waals surface area contributed by atoms with E-state index in [9.17, 15) is 4.39 Å². The van der Waals surface area contributed by atoms with Crippen LogP contribution in [-0.4, -0.2) is 28.1 Å². The molecule has 2 aromatic rings. The Balaban J connectivity index is 2.44. The first-order chi connectivity index (χ1) is 9.13. The van der Waals surface area contributed by atoms with Crippen LogP contribution in [0.1, 0.15) is 5.69 Å². The fourth-order valence-electron chi connectivity index (χ4n) is 1.59. The third-order valence-electron chi connectivity index (χ3n) is 2.56. The van der Waals surface area contributed by atoms with Crippen LogP contribution in [0.15, 0.2) is 41.8 Å². The Labute approximate surface area is 109 Å². The van der Waals surface area contributed by atoms with Crippen LogP contribution in [0.5, 0.6) is 0 Å². The van der Waals surface area contributed by atoms with Crippen molar-refractivity contribution in [2.75, 3.05) is 11.9 Å². The van der Waals surface area contributed by atoms with E-state index in [2.05, 4.69) is 15.1 Å². The largest absolute Gasteiger partial charge is 0.409 e. The summed E-state index contributed by atoms with van der Waals surface area (Å²) in [6.45, 7) is 0. The van der Waals surface area contributed by atoms with Gasteiger partial charge in [-0.3, -0.25) is 0 Å². The van der Waals surface area contributed by atoms with Gasteiger partial charge in [-0.1, -0.05) is 5.16 Å². The van der Waals surface area contributed by atoms with Gasteiger partial charge in [0.05, 0.1) is 0 Å². The highest BCUT2D eigenvalue weighted by Crippen LogP contribution is 2.23. The predicted octanol–water partition coefficient (Wildman–Crippen LogP) is 1.48. The van der Waals surface area contributed by atoms with Crippen LogP contribution in [0.2, 0.25) is 0 Å². The van der Waals surface area contributed by atoms with Crippen molar-refractivity contribution in [2.24, 2.45) is 10.9 Å². The Kier molecular flexibility index (Phi) is 3.56. The molecule has 0 atom stereocenters. The summed E-state index contributed by atoms with van der Waals surface area (Å²) in [6.07, 6.45) is 2.93.